The highest BCUT2D eigenvalue weighted by molar-refractivity contribution is 7.19. The summed E-state index contributed by atoms with van der Waals surface area (Å²) in [5.41, 5.74) is 7.96. The van der Waals surface area contributed by atoms with E-state index in [0.29, 0.717) is 10.6 Å². The maximum Gasteiger partial charge on any atom is 0.252 e. The van der Waals surface area contributed by atoms with Gasteiger partial charge in [-0.05, 0) is 37.7 Å². The number of hydrogen-bond donors (Lipinski definition) is 2. The number of nitrogens with zero attached hydrogens (tertiary/aromatic N) is 1. The van der Waals surface area contributed by atoms with E-state index >= 15 is 0 Å². The van der Waals surface area contributed by atoms with Crippen LogP contribution in [0.2, 0.25) is 0 Å². The molecule has 3 rings (SSSR count). The number of fused-ring (bicyclic) bond motifs is 1. The van der Waals surface area contributed by atoms with Crippen LogP contribution in [0.1, 0.15) is 46.5 Å². The Labute approximate surface area is 121 Å². The van der Waals surface area contributed by atoms with Crippen molar-refractivity contribution in [2.45, 2.75) is 32.1 Å². The standard InChI is InChI=1S/C14H17N3O2S/c1-16-9-4-2-3-8-10(12(15)18)14(20-11(8)9)17-13(19)7-5-6-7/h7H,2-6H2,1H3,(H2,15,18)(H,17,19)/b16-9+. The lowest BCUT2D eigenvalue weighted by atomic mass is 9.94. The number of rotatable bonds is 3. The van der Waals surface area contributed by atoms with Gasteiger partial charge in [0.25, 0.3) is 5.91 Å². The first-order valence-electron chi connectivity index (χ1n) is 6.84. The molecule has 0 atom stereocenters. The highest BCUT2D eigenvalue weighted by Crippen LogP contribution is 2.39. The zero-order chi connectivity index (χ0) is 14.3. The lowest BCUT2D eigenvalue weighted by molar-refractivity contribution is -0.117. The van der Waals surface area contributed by atoms with Gasteiger partial charge in [-0.3, -0.25) is 14.6 Å². The van der Waals surface area contributed by atoms with Crippen molar-refractivity contribution in [2.75, 3.05) is 12.4 Å². The first-order valence-corrected chi connectivity index (χ1v) is 7.65. The van der Waals surface area contributed by atoms with Gasteiger partial charge in [0, 0.05) is 13.0 Å². The quantitative estimate of drug-likeness (QED) is 0.892. The van der Waals surface area contributed by atoms with Crippen molar-refractivity contribution in [1.82, 2.24) is 0 Å². The van der Waals surface area contributed by atoms with E-state index in [4.69, 9.17) is 5.73 Å². The van der Waals surface area contributed by atoms with E-state index in [2.05, 4.69) is 10.3 Å². The summed E-state index contributed by atoms with van der Waals surface area (Å²) in [7, 11) is 1.76. The van der Waals surface area contributed by atoms with Crippen molar-refractivity contribution in [3.8, 4) is 0 Å². The minimum Gasteiger partial charge on any atom is -0.365 e. The Kier molecular flexibility index (Phi) is 3.33. The van der Waals surface area contributed by atoms with E-state index in [1.54, 1.807) is 7.05 Å². The van der Waals surface area contributed by atoms with Gasteiger partial charge in [0.2, 0.25) is 5.91 Å². The molecule has 1 saturated carbocycles. The lowest BCUT2D eigenvalue weighted by Crippen LogP contribution is -2.19. The fourth-order valence-electron chi connectivity index (χ4n) is 2.60. The molecule has 5 nitrogen and oxygen atoms in total. The highest BCUT2D eigenvalue weighted by Gasteiger charge is 2.33. The van der Waals surface area contributed by atoms with Crippen LogP contribution in [0.5, 0.6) is 0 Å². The number of anilines is 1. The molecule has 1 aromatic heterocycles. The summed E-state index contributed by atoms with van der Waals surface area (Å²) in [6.45, 7) is 0. The number of carbonyl (C=O) groups is 2. The average molecular weight is 291 g/mol. The Balaban J connectivity index is 2.02. The Hall–Kier alpha value is -1.69. The summed E-state index contributed by atoms with van der Waals surface area (Å²) < 4.78 is 0. The SMILES string of the molecule is C/N=C1\CCCc2c1sc(NC(=O)C1CC1)c2C(N)=O. The van der Waals surface area contributed by atoms with Crippen molar-refractivity contribution in [3.05, 3.63) is 16.0 Å². The van der Waals surface area contributed by atoms with Gasteiger partial charge in [0.1, 0.15) is 5.00 Å². The Morgan fingerprint density at radius 2 is 2.10 bits per heavy atom. The largest absolute Gasteiger partial charge is 0.365 e. The van der Waals surface area contributed by atoms with Crippen LogP contribution in [0.4, 0.5) is 5.00 Å². The lowest BCUT2D eigenvalue weighted by Gasteiger charge is -2.13. The second-order valence-electron chi connectivity index (χ2n) is 5.27. The minimum atomic E-state index is -0.467. The Morgan fingerprint density at radius 3 is 2.70 bits per heavy atom. The molecule has 2 aliphatic carbocycles. The van der Waals surface area contributed by atoms with Crippen LogP contribution in [-0.4, -0.2) is 24.6 Å². The van der Waals surface area contributed by atoms with E-state index in [1.165, 1.54) is 11.3 Å². The van der Waals surface area contributed by atoms with Crippen LogP contribution in [0, 0.1) is 5.92 Å². The van der Waals surface area contributed by atoms with Crippen LogP contribution in [0.25, 0.3) is 0 Å². The molecule has 2 amide bonds. The molecule has 1 aromatic rings. The number of aliphatic imine (C=N–C) groups is 1. The second-order valence-corrected chi connectivity index (χ2v) is 6.29. The van der Waals surface area contributed by atoms with E-state index in [1.807, 2.05) is 0 Å². The van der Waals surface area contributed by atoms with Gasteiger partial charge in [-0.25, -0.2) is 0 Å². The van der Waals surface area contributed by atoms with Crippen LogP contribution < -0.4 is 11.1 Å². The minimum absolute atomic E-state index is 0.00100. The van der Waals surface area contributed by atoms with Crippen LogP contribution in [0.15, 0.2) is 4.99 Å². The Bertz CT molecular complexity index is 614. The van der Waals surface area contributed by atoms with E-state index < -0.39 is 5.91 Å². The molecule has 20 heavy (non-hydrogen) atoms. The van der Waals surface area contributed by atoms with Crippen LogP contribution in [0.3, 0.4) is 0 Å². The van der Waals surface area contributed by atoms with Crippen LogP contribution >= 0.6 is 11.3 Å². The summed E-state index contributed by atoms with van der Waals surface area (Å²) in [5, 5.41) is 3.48. The fraction of sp³-hybridized carbons (Fsp3) is 0.500. The van der Waals surface area contributed by atoms with E-state index in [0.717, 1.165) is 48.3 Å². The summed E-state index contributed by atoms with van der Waals surface area (Å²) >= 11 is 1.43. The summed E-state index contributed by atoms with van der Waals surface area (Å²) in [5.74, 6) is -0.360. The smallest absolute Gasteiger partial charge is 0.252 e. The molecule has 0 bridgehead atoms. The molecule has 0 saturated heterocycles. The third-order valence-corrected chi connectivity index (χ3v) is 5.01. The fourth-order valence-corrected chi connectivity index (χ4v) is 3.92. The molecule has 106 valence electrons. The van der Waals surface area contributed by atoms with Crippen molar-refractivity contribution < 1.29 is 9.59 Å². The molecular formula is C14H17N3O2S. The first kappa shape index (κ1) is 13.3. The molecular weight excluding hydrogens is 274 g/mol. The molecule has 0 aliphatic heterocycles. The topological polar surface area (TPSA) is 84.6 Å². The van der Waals surface area contributed by atoms with E-state index in [9.17, 15) is 9.59 Å². The van der Waals surface area contributed by atoms with Gasteiger partial charge in [0.05, 0.1) is 16.2 Å². The van der Waals surface area contributed by atoms with Gasteiger partial charge in [-0.2, -0.15) is 0 Å². The van der Waals surface area contributed by atoms with Crippen LogP contribution in [-0.2, 0) is 11.2 Å². The number of hydrogen-bond acceptors (Lipinski definition) is 4. The second kappa shape index (κ2) is 5.01. The number of amides is 2. The zero-order valence-corrected chi connectivity index (χ0v) is 12.2. The number of nitrogens with one attached hydrogen (secondary N) is 1. The number of nitrogens with two attached hydrogens (primary N) is 1. The summed E-state index contributed by atoms with van der Waals surface area (Å²) in [4.78, 5) is 29.0. The van der Waals surface area contributed by atoms with Gasteiger partial charge in [-0.15, -0.1) is 11.3 Å². The normalized spacial score (nSPS) is 19.8. The number of carbonyl (C=O) groups excluding carboxylic acids is 2. The molecule has 0 radical (unpaired) electrons. The summed E-state index contributed by atoms with van der Waals surface area (Å²) in [6, 6.07) is 0. The highest BCUT2D eigenvalue weighted by atomic mass is 32.1. The molecule has 0 spiro atoms. The maximum absolute atomic E-state index is 11.9. The predicted octanol–water partition coefficient (Wildman–Crippen LogP) is 1.95. The van der Waals surface area contributed by atoms with Gasteiger partial charge in [0.15, 0.2) is 0 Å². The molecule has 3 N–H and O–H groups in total. The number of thiophene rings is 1. The van der Waals surface area contributed by atoms with Crippen molar-refractivity contribution >= 4 is 33.9 Å². The Morgan fingerprint density at radius 1 is 1.35 bits per heavy atom. The van der Waals surface area contributed by atoms with Gasteiger partial charge in [-0.1, -0.05) is 0 Å². The van der Waals surface area contributed by atoms with Gasteiger partial charge >= 0.3 is 0 Å². The van der Waals surface area contributed by atoms with Crippen molar-refractivity contribution in [2.24, 2.45) is 16.6 Å². The zero-order valence-electron chi connectivity index (χ0n) is 11.4. The molecule has 2 aliphatic rings. The molecule has 0 aromatic carbocycles. The molecule has 6 heteroatoms. The molecule has 1 fully saturated rings. The van der Waals surface area contributed by atoms with E-state index in [-0.39, 0.29) is 11.8 Å². The molecule has 1 heterocycles. The van der Waals surface area contributed by atoms with Crippen molar-refractivity contribution in [3.63, 3.8) is 0 Å². The first-order chi connectivity index (χ1) is 9.61. The number of primary amides is 1. The maximum atomic E-state index is 11.9. The third kappa shape index (κ3) is 2.24. The molecule has 0 unspecified atom stereocenters. The van der Waals surface area contributed by atoms with Gasteiger partial charge < -0.3 is 11.1 Å². The average Bonchev–Trinajstić information content (AvgIpc) is 3.19. The van der Waals surface area contributed by atoms with Crippen molar-refractivity contribution in [1.29, 1.82) is 0 Å². The summed E-state index contributed by atoms with van der Waals surface area (Å²) in [6.07, 6.45) is 4.57. The third-order valence-electron chi connectivity index (χ3n) is 3.81. The predicted molar refractivity (Wildman–Crippen MR) is 79.6 cm³/mol. The monoisotopic (exact) mass is 291 g/mol.